The van der Waals surface area contributed by atoms with Crippen LogP contribution in [0.25, 0.3) is 0 Å². The fourth-order valence-corrected chi connectivity index (χ4v) is 2.00. The molecular formula is C13H21N3OS. The van der Waals surface area contributed by atoms with Gasteiger partial charge in [-0.15, -0.1) is 0 Å². The lowest BCUT2D eigenvalue weighted by Gasteiger charge is -2.10. The summed E-state index contributed by atoms with van der Waals surface area (Å²) in [4.78, 5) is 11.6. The standard InChI is InChI=1S/C13H21N3OS/c1-3-15-13(17)10-5-6-12(11(14)9-10)16-7-4-8-18-2/h5-6,9,16H,3-4,7-8,14H2,1-2H3,(H,15,17). The van der Waals surface area contributed by atoms with Crippen LogP contribution in [-0.2, 0) is 0 Å². The van der Waals surface area contributed by atoms with E-state index in [1.165, 1.54) is 0 Å². The summed E-state index contributed by atoms with van der Waals surface area (Å²) < 4.78 is 0. The van der Waals surface area contributed by atoms with Gasteiger partial charge < -0.3 is 16.4 Å². The Labute approximate surface area is 113 Å². The molecule has 0 unspecified atom stereocenters. The van der Waals surface area contributed by atoms with Crippen LogP contribution >= 0.6 is 11.8 Å². The van der Waals surface area contributed by atoms with E-state index in [-0.39, 0.29) is 5.91 Å². The van der Waals surface area contributed by atoms with Crippen LogP contribution in [0.5, 0.6) is 0 Å². The molecule has 0 radical (unpaired) electrons. The molecule has 1 rings (SSSR count). The van der Waals surface area contributed by atoms with Crippen molar-refractivity contribution in [3.63, 3.8) is 0 Å². The summed E-state index contributed by atoms with van der Waals surface area (Å²) in [6, 6.07) is 5.36. The fraction of sp³-hybridized carbons (Fsp3) is 0.462. The number of amides is 1. The van der Waals surface area contributed by atoms with Gasteiger partial charge in [0.25, 0.3) is 5.91 Å². The van der Waals surface area contributed by atoms with Crippen molar-refractivity contribution >= 4 is 29.0 Å². The molecule has 100 valence electrons. The number of hydrogen-bond acceptors (Lipinski definition) is 4. The molecule has 0 aliphatic carbocycles. The first kappa shape index (κ1) is 14.7. The zero-order valence-corrected chi connectivity index (χ0v) is 11.8. The molecule has 0 saturated heterocycles. The average Bonchev–Trinajstić information content (AvgIpc) is 2.36. The quantitative estimate of drug-likeness (QED) is 0.523. The van der Waals surface area contributed by atoms with E-state index in [1.54, 1.807) is 12.1 Å². The van der Waals surface area contributed by atoms with Crippen LogP contribution in [0.15, 0.2) is 18.2 Å². The first-order valence-corrected chi connectivity index (χ1v) is 7.49. The van der Waals surface area contributed by atoms with Gasteiger partial charge in [0.15, 0.2) is 0 Å². The zero-order valence-electron chi connectivity index (χ0n) is 11.0. The molecule has 0 fully saturated rings. The lowest BCUT2D eigenvalue weighted by Crippen LogP contribution is -2.22. The van der Waals surface area contributed by atoms with Gasteiger partial charge in [-0.3, -0.25) is 4.79 Å². The molecule has 18 heavy (non-hydrogen) atoms. The summed E-state index contributed by atoms with van der Waals surface area (Å²) in [6.45, 7) is 3.40. The van der Waals surface area contributed by atoms with Crippen molar-refractivity contribution < 1.29 is 4.79 Å². The fourth-order valence-electron chi connectivity index (χ4n) is 1.57. The van der Waals surface area contributed by atoms with Gasteiger partial charge in [-0.1, -0.05) is 0 Å². The van der Waals surface area contributed by atoms with Crippen LogP contribution in [0.1, 0.15) is 23.7 Å². The third kappa shape index (κ3) is 4.49. The predicted molar refractivity (Wildman–Crippen MR) is 80.4 cm³/mol. The Hall–Kier alpha value is -1.36. The monoisotopic (exact) mass is 267 g/mol. The maximum absolute atomic E-state index is 11.6. The Morgan fingerprint density at radius 3 is 2.83 bits per heavy atom. The number of nitrogens with one attached hydrogen (secondary N) is 2. The number of thioether (sulfide) groups is 1. The molecule has 4 nitrogen and oxygen atoms in total. The molecule has 4 N–H and O–H groups in total. The molecule has 0 heterocycles. The highest BCUT2D eigenvalue weighted by Gasteiger charge is 2.06. The van der Waals surface area contributed by atoms with Crippen molar-refractivity contribution in [3.05, 3.63) is 23.8 Å². The maximum atomic E-state index is 11.6. The van der Waals surface area contributed by atoms with Crippen molar-refractivity contribution in [2.75, 3.05) is 36.1 Å². The molecule has 0 spiro atoms. The molecule has 5 heteroatoms. The van der Waals surface area contributed by atoms with Gasteiger partial charge in [-0.2, -0.15) is 11.8 Å². The average molecular weight is 267 g/mol. The van der Waals surface area contributed by atoms with Crippen LogP contribution in [0.2, 0.25) is 0 Å². The van der Waals surface area contributed by atoms with E-state index in [4.69, 9.17) is 5.73 Å². The van der Waals surface area contributed by atoms with E-state index in [2.05, 4.69) is 16.9 Å². The summed E-state index contributed by atoms with van der Waals surface area (Å²) in [5.74, 6) is 1.04. The Balaban J connectivity index is 2.59. The van der Waals surface area contributed by atoms with Gasteiger partial charge in [0.1, 0.15) is 0 Å². The summed E-state index contributed by atoms with van der Waals surface area (Å²) in [6.07, 6.45) is 3.19. The minimum absolute atomic E-state index is 0.0851. The van der Waals surface area contributed by atoms with E-state index < -0.39 is 0 Å². The SMILES string of the molecule is CCNC(=O)c1ccc(NCCCSC)c(N)c1. The molecule has 0 bridgehead atoms. The Morgan fingerprint density at radius 2 is 2.22 bits per heavy atom. The summed E-state index contributed by atoms with van der Waals surface area (Å²) in [5, 5.41) is 6.03. The molecule has 0 saturated carbocycles. The third-order valence-corrected chi connectivity index (χ3v) is 3.19. The van der Waals surface area contributed by atoms with Gasteiger partial charge in [-0.25, -0.2) is 0 Å². The van der Waals surface area contributed by atoms with E-state index in [9.17, 15) is 4.79 Å². The largest absolute Gasteiger partial charge is 0.397 e. The van der Waals surface area contributed by atoms with E-state index in [0.717, 1.165) is 24.4 Å². The normalized spacial score (nSPS) is 10.1. The van der Waals surface area contributed by atoms with Gasteiger partial charge in [0.2, 0.25) is 0 Å². The lowest BCUT2D eigenvalue weighted by atomic mass is 10.1. The van der Waals surface area contributed by atoms with E-state index >= 15 is 0 Å². The van der Waals surface area contributed by atoms with E-state index in [1.807, 2.05) is 24.8 Å². The Kier molecular flexibility index (Phi) is 6.43. The number of rotatable bonds is 7. The smallest absolute Gasteiger partial charge is 0.251 e. The first-order chi connectivity index (χ1) is 8.69. The van der Waals surface area contributed by atoms with Crippen LogP contribution in [-0.4, -0.2) is 31.0 Å². The highest BCUT2D eigenvalue weighted by molar-refractivity contribution is 7.98. The van der Waals surface area contributed by atoms with Crippen molar-refractivity contribution in [1.82, 2.24) is 5.32 Å². The van der Waals surface area contributed by atoms with Crippen molar-refractivity contribution in [1.29, 1.82) is 0 Å². The number of benzene rings is 1. The first-order valence-electron chi connectivity index (χ1n) is 6.09. The second-order valence-corrected chi connectivity index (χ2v) is 4.92. The number of nitrogens with two attached hydrogens (primary N) is 1. The highest BCUT2D eigenvalue weighted by atomic mass is 32.2. The number of nitrogen functional groups attached to an aromatic ring is 1. The van der Waals surface area contributed by atoms with Crippen molar-refractivity contribution in [2.24, 2.45) is 0 Å². The molecule has 0 atom stereocenters. The minimum atomic E-state index is -0.0851. The highest BCUT2D eigenvalue weighted by Crippen LogP contribution is 2.19. The predicted octanol–water partition coefficient (Wildman–Crippen LogP) is 2.18. The van der Waals surface area contributed by atoms with Gasteiger partial charge >= 0.3 is 0 Å². The van der Waals surface area contributed by atoms with E-state index in [0.29, 0.717) is 17.8 Å². The van der Waals surface area contributed by atoms with Gasteiger partial charge in [-0.05, 0) is 43.6 Å². The maximum Gasteiger partial charge on any atom is 0.251 e. The number of anilines is 2. The van der Waals surface area contributed by atoms with Crippen LogP contribution in [0.3, 0.4) is 0 Å². The number of carbonyl (C=O) groups excluding carboxylic acids is 1. The van der Waals surface area contributed by atoms with Crippen molar-refractivity contribution in [2.45, 2.75) is 13.3 Å². The Morgan fingerprint density at radius 1 is 1.44 bits per heavy atom. The summed E-state index contributed by atoms with van der Waals surface area (Å²) in [7, 11) is 0. The molecule has 1 amide bonds. The second-order valence-electron chi connectivity index (χ2n) is 3.93. The molecule has 0 aromatic heterocycles. The van der Waals surface area contributed by atoms with Gasteiger partial charge in [0, 0.05) is 18.7 Å². The molecule has 0 aliphatic heterocycles. The lowest BCUT2D eigenvalue weighted by molar-refractivity contribution is 0.0956. The molecular weight excluding hydrogens is 246 g/mol. The van der Waals surface area contributed by atoms with Gasteiger partial charge in [0.05, 0.1) is 11.4 Å². The summed E-state index contributed by atoms with van der Waals surface area (Å²) >= 11 is 1.83. The van der Waals surface area contributed by atoms with Crippen LogP contribution in [0, 0.1) is 0 Å². The number of hydrogen-bond donors (Lipinski definition) is 3. The van der Waals surface area contributed by atoms with Crippen molar-refractivity contribution in [3.8, 4) is 0 Å². The minimum Gasteiger partial charge on any atom is -0.397 e. The second kappa shape index (κ2) is 7.87. The molecule has 1 aromatic rings. The zero-order chi connectivity index (χ0) is 13.4. The van der Waals surface area contributed by atoms with Crippen LogP contribution in [0.4, 0.5) is 11.4 Å². The topological polar surface area (TPSA) is 67.2 Å². The Bertz CT molecular complexity index is 396. The third-order valence-electron chi connectivity index (χ3n) is 2.49. The summed E-state index contributed by atoms with van der Waals surface area (Å²) in [5.41, 5.74) is 8.03. The number of carbonyl (C=O) groups is 1. The molecule has 0 aliphatic rings. The van der Waals surface area contributed by atoms with Crippen LogP contribution < -0.4 is 16.4 Å². The molecule has 1 aromatic carbocycles.